The zero-order valence-corrected chi connectivity index (χ0v) is 71.6. The maximum atomic E-state index is 5.09. The van der Waals surface area contributed by atoms with Crippen molar-refractivity contribution in [3.05, 3.63) is 480 Å². The van der Waals surface area contributed by atoms with Crippen LogP contribution in [0.4, 0.5) is 0 Å². The molecule has 0 aliphatic carbocycles. The standard InChI is InChI=1S/3C31H20N2.C30H19N3/c1-3-9-21(10-4-1)23-15-17-25-26-19-24(22-11-5-2-6-12-22)16-18-29(26)33-30-14-8-7-13-28(30)32-31(33)27(25)20-23;1-3-9-21(10-4-1)23-15-17-25-26(19-23)27-20-24(22-11-5-2-6-12-22)16-18-29(27)33-30-14-8-7-13-28(30)32-31(25)33;1-3-9-21(10-4-1)23-15-17-25-26-18-16-24(22-11-5-2-6-12-22)20-30(26)33-29-14-8-7-13-28(29)32-31(33)27(25)19-23;1-2-7-20(8-3-1)21-12-14-24-25(17-21)26-18-22(23-9-6-16-31-19-23)13-15-28(26)33-29-11-5-4-10-27(29)32-30(24)33/h3*1-20H;1-19H. The van der Waals surface area contributed by atoms with Crippen LogP contribution in [-0.4, -0.2) is 42.5 Å². The monoisotopic (exact) mass is 1680 g/mol. The van der Waals surface area contributed by atoms with Gasteiger partial charge in [-0.15, -0.1) is 0 Å². The van der Waals surface area contributed by atoms with Crippen molar-refractivity contribution in [2.24, 2.45) is 0 Å². The largest absolute Gasteiger partial charge is 0.292 e. The molecule has 9 nitrogen and oxygen atoms in total. The number of pyridine rings is 5. The van der Waals surface area contributed by atoms with Crippen molar-refractivity contribution in [1.82, 2.24) is 42.5 Å². The van der Waals surface area contributed by atoms with Gasteiger partial charge in [0.2, 0.25) is 0 Å². The van der Waals surface area contributed by atoms with Gasteiger partial charge in [-0.25, -0.2) is 19.9 Å². The summed E-state index contributed by atoms with van der Waals surface area (Å²) in [6.07, 6.45) is 3.73. The molecule has 0 radical (unpaired) electrons. The molecule has 0 saturated heterocycles. The van der Waals surface area contributed by atoms with Crippen molar-refractivity contribution in [2.75, 3.05) is 0 Å². The van der Waals surface area contributed by atoms with E-state index >= 15 is 0 Å². The summed E-state index contributed by atoms with van der Waals surface area (Å²) in [4.78, 5) is 24.6. The highest BCUT2D eigenvalue weighted by atomic mass is 15.0. The Hall–Kier alpha value is -17.8. The molecule has 132 heavy (non-hydrogen) atoms. The van der Waals surface area contributed by atoms with Crippen LogP contribution in [0.5, 0.6) is 0 Å². The van der Waals surface area contributed by atoms with E-state index in [0.29, 0.717) is 0 Å². The number of nitrogens with zero attached hydrogens (tertiary/aromatic N) is 9. The Kier molecular flexibility index (Phi) is 18.7. The molecule has 28 rings (SSSR count). The van der Waals surface area contributed by atoms with Gasteiger partial charge in [0.25, 0.3) is 0 Å². The minimum Gasteiger partial charge on any atom is -0.292 e. The first-order valence-electron chi connectivity index (χ1n) is 44.8. The molecule has 9 heterocycles. The minimum absolute atomic E-state index is 0.993. The first-order valence-corrected chi connectivity index (χ1v) is 44.8. The van der Waals surface area contributed by atoms with E-state index in [4.69, 9.17) is 19.9 Å². The Morgan fingerprint density at radius 1 is 0.129 bits per heavy atom. The normalized spacial score (nSPS) is 11.6. The van der Waals surface area contributed by atoms with E-state index in [2.05, 4.69) is 478 Å². The summed E-state index contributed by atoms with van der Waals surface area (Å²) in [5, 5.41) is 14.5. The summed E-state index contributed by atoms with van der Waals surface area (Å²) in [5.74, 6) is 0. The van der Waals surface area contributed by atoms with Gasteiger partial charge in [-0.2, -0.15) is 0 Å². The predicted molar refractivity (Wildman–Crippen MR) is 552 cm³/mol. The number of fused-ring (bicyclic) bond motifs is 32. The summed E-state index contributed by atoms with van der Waals surface area (Å²) in [5.41, 5.74) is 36.6. The lowest BCUT2D eigenvalue weighted by Crippen LogP contribution is -1.93. The molecule has 9 aromatic heterocycles. The van der Waals surface area contributed by atoms with E-state index < -0.39 is 0 Å². The number of benzene rings is 19. The molecule has 0 atom stereocenters. The molecule has 0 spiro atoms. The highest BCUT2D eigenvalue weighted by Gasteiger charge is 2.22. The third-order valence-electron chi connectivity index (χ3n) is 26.1. The molecule has 0 bridgehead atoms. The van der Waals surface area contributed by atoms with Crippen molar-refractivity contribution in [1.29, 1.82) is 0 Å². The van der Waals surface area contributed by atoms with Crippen molar-refractivity contribution in [2.45, 2.75) is 0 Å². The third kappa shape index (κ3) is 13.4. The fourth-order valence-corrected chi connectivity index (χ4v) is 19.8. The molecule has 0 unspecified atom stereocenters. The summed E-state index contributed by atoms with van der Waals surface area (Å²) in [7, 11) is 0. The van der Waals surface area contributed by atoms with Gasteiger partial charge in [0, 0.05) is 61.0 Å². The fraction of sp³-hybridized carbons (Fsp3) is 0. The number of para-hydroxylation sites is 8. The van der Waals surface area contributed by atoms with E-state index in [1.807, 2.05) is 24.5 Å². The van der Waals surface area contributed by atoms with Gasteiger partial charge >= 0.3 is 0 Å². The number of hydrogen-bond donors (Lipinski definition) is 0. The zero-order valence-electron chi connectivity index (χ0n) is 71.6. The van der Waals surface area contributed by atoms with Crippen LogP contribution < -0.4 is 0 Å². The van der Waals surface area contributed by atoms with Gasteiger partial charge in [-0.1, -0.05) is 334 Å². The van der Waals surface area contributed by atoms with Gasteiger partial charge in [0.15, 0.2) is 0 Å². The summed E-state index contributed by atoms with van der Waals surface area (Å²) in [6, 6.07) is 166. The average Bonchev–Trinajstić information content (AvgIpc) is 1.53. The number of hydrogen-bond acceptors (Lipinski definition) is 5. The highest BCUT2D eigenvalue weighted by molar-refractivity contribution is 6.20. The summed E-state index contributed by atoms with van der Waals surface area (Å²) < 4.78 is 9.25. The molecular formula is C123H79N9. The van der Waals surface area contributed by atoms with Crippen LogP contribution in [0.1, 0.15) is 0 Å². The highest BCUT2D eigenvalue weighted by Crippen LogP contribution is 2.44. The lowest BCUT2D eigenvalue weighted by molar-refractivity contribution is 1.31. The van der Waals surface area contributed by atoms with Crippen molar-refractivity contribution in [3.8, 4) is 89.0 Å². The van der Waals surface area contributed by atoms with Crippen molar-refractivity contribution < 1.29 is 0 Å². The molecule has 616 valence electrons. The van der Waals surface area contributed by atoms with E-state index in [1.54, 1.807) is 0 Å². The molecule has 0 saturated carbocycles. The van der Waals surface area contributed by atoms with Crippen LogP contribution >= 0.6 is 0 Å². The molecule has 0 N–H and O–H groups in total. The summed E-state index contributed by atoms with van der Waals surface area (Å²) in [6.45, 7) is 0. The first kappa shape index (κ1) is 76.6. The van der Waals surface area contributed by atoms with Crippen molar-refractivity contribution >= 4 is 153 Å². The smallest absolute Gasteiger partial charge is 0.146 e. The molecule has 9 heteroatoms. The fourth-order valence-electron chi connectivity index (χ4n) is 19.8. The topological polar surface area (TPSA) is 82.1 Å². The Morgan fingerprint density at radius 2 is 0.356 bits per heavy atom. The second kappa shape index (κ2) is 32.3. The van der Waals surface area contributed by atoms with E-state index in [-0.39, 0.29) is 0 Å². The Labute approximate surface area is 759 Å². The molecule has 0 amide bonds. The maximum absolute atomic E-state index is 5.09. The molecule has 19 aromatic carbocycles. The second-order valence-electron chi connectivity index (χ2n) is 33.8. The van der Waals surface area contributed by atoms with E-state index in [1.165, 1.54) is 154 Å². The minimum atomic E-state index is 0.993. The van der Waals surface area contributed by atoms with E-state index in [9.17, 15) is 0 Å². The first-order chi connectivity index (χ1) is 65.5. The number of aromatic nitrogens is 9. The number of rotatable bonds is 8. The lowest BCUT2D eigenvalue weighted by atomic mass is 9.97. The van der Waals surface area contributed by atoms with Gasteiger partial charge in [0.05, 0.1) is 66.2 Å². The molecule has 28 aromatic rings. The molecule has 0 aliphatic heterocycles. The summed E-state index contributed by atoms with van der Waals surface area (Å²) >= 11 is 0. The SMILES string of the molecule is c1ccc(-c2ccc3c(c2)c2cc(-c4ccccc4)ccc2n2c4ccccc4nc32)cc1.c1ccc(-c2ccc3c(c2)c2cc(-c4cccnc4)ccc2n2c4ccccc4nc32)cc1.c1ccc(-c2ccc3c(c2)c2ccc(-c4ccccc4)cc2c2nc4ccccc4n32)cc1.c1ccc(-c2ccc3c4ccc(-c5ccccc5)cc4n4c5ccccc5nc4c3c2)cc1. The van der Waals surface area contributed by atoms with Gasteiger partial charge < -0.3 is 0 Å². The predicted octanol–water partition coefficient (Wildman–Crippen LogP) is 31.9. The van der Waals surface area contributed by atoms with Crippen LogP contribution in [0.15, 0.2) is 480 Å². The zero-order chi connectivity index (χ0) is 87.1. The molecule has 0 aliphatic rings. The van der Waals surface area contributed by atoms with Crippen LogP contribution in [-0.2, 0) is 0 Å². The third-order valence-corrected chi connectivity index (χ3v) is 26.1. The van der Waals surface area contributed by atoms with Gasteiger partial charge in [0.1, 0.15) is 22.6 Å². The Bertz CT molecular complexity index is 9090. The quantitative estimate of drug-likeness (QED) is 0.142. The van der Waals surface area contributed by atoms with Gasteiger partial charge in [-0.05, 0) is 238 Å². The maximum Gasteiger partial charge on any atom is 0.146 e. The van der Waals surface area contributed by atoms with Crippen LogP contribution in [0, 0.1) is 0 Å². The van der Waals surface area contributed by atoms with E-state index in [0.717, 1.165) is 88.8 Å². The van der Waals surface area contributed by atoms with Crippen LogP contribution in [0.25, 0.3) is 242 Å². The Morgan fingerprint density at radius 3 is 0.674 bits per heavy atom. The Balaban J connectivity index is 0.0000000945. The molecule has 0 fully saturated rings. The second-order valence-corrected chi connectivity index (χ2v) is 33.8. The van der Waals surface area contributed by atoms with Crippen LogP contribution in [0.2, 0.25) is 0 Å². The van der Waals surface area contributed by atoms with Gasteiger partial charge in [-0.3, -0.25) is 22.6 Å². The average molecular weight is 1680 g/mol. The van der Waals surface area contributed by atoms with Crippen LogP contribution in [0.3, 0.4) is 0 Å². The van der Waals surface area contributed by atoms with Crippen molar-refractivity contribution in [3.63, 3.8) is 0 Å². The number of imidazole rings is 4. The lowest BCUT2D eigenvalue weighted by Gasteiger charge is -2.12. The molecular weight excluding hydrogens is 1600 g/mol.